The molecule has 25 heavy (non-hydrogen) atoms. The van der Waals surface area contributed by atoms with Crippen molar-refractivity contribution in [2.24, 2.45) is 0 Å². The summed E-state index contributed by atoms with van der Waals surface area (Å²) < 4.78 is 0. The van der Waals surface area contributed by atoms with E-state index in [1.54, 1.807) is 24.3 Å². The summed E-state index contributed by atoms with van der Waals surface area (Å²) in [5.41, 5.74) is 1.000. The van der Waals surface area contributed by atoms with E-state index < -0.39 is 0 Å². The first kappa shape index (κ1) is 21.3. The molecule has 0 atom stereocenters. The molecule has 0 bridgehead atoms. The van der Waals surface area contributed by atoms with Crippen LogP contribution in [0.4, 0.5) is 0 Å². The average molecular weight is 403 g/mol. The van der Waals surface area contributed by atoms with Crippen LogP contribution < -0.4 is 35.0 Å². The van der Waals surface area contributed by atoms with Gasteiger partial charge in [0.15, 0.2) is 0 Å². The fourth-order valence-electron chi connectivity index (χ4n) is 3.02. The first-order chi connectivity index (χ1) is 10.8. The summed E-state index contributed by atoms with van der Waals surface area (Å²) in [7, 11) is 0. The first-order valence-corrected chi connectivity index (χ1v) is 7.13. The molecule has 0 amide bonds. The third-order valence-electron chi connectivity index (χ3n) is 4.03. The summed E-state index contributed by atoms with van der Waals surface area (Å²) >= 11 is 0. The van der Waals surface area contributed by atoms with Crippen LogP contribution in [0.1, 0.15) is 0 Å². The van der Waals surface area contributed by atoms with Crippen molar-refractivity contribution in [1.82, 2.24) is 0 Å². The van der Waals surface area contributed by atoms with Crippen LogP contribution in [0.25, 0.3) is 32.7 Å². The summed E-state index contributed by atoms with van der Waals surface area (Å²) in [6, 6.07) is 22.0. The van der Waals surface area contributed by atoms with Crippen molar-refractivity contribution in [2.45, 2.75) is 0 Å². The van der Waals surface area contributed by atoms with Gasteiger partial charge in [-0.1, -0.05) is 72.8 Å². The van der Waals surface area contributed by atoms with Gasteiger partial charge in [0, 0.05) is 0 Å². The molecule has 0 aliphatic heterocycles. The molecule has 2 nitrogen and oxygen atoms in total. The van der Waals surface area contributed by atoms with E-state index in [-0.39, 0.29) is 58.0 Å². The van der Waals surface area contributed by atoms with Crippen molar-refractivity contribution in [3.8, 4) is 22.6 Å². The zero-order valence-corrected chi connectivity index (χ0v) is 16.1. The third kappa shape index (κ3) is 3.63. The minimum atomic E-state index is -0.118. The molecule has 122 valence electrons. The minimum Gasteiger partial charge on any atom is -1.00 e. The molecule has 0 saturated carbocycles. The van der Waals surface area contributed by atoms with Gasteiger partial charge in [-0.05, 0) is 32.7 Å². The predicted molar refractivity (Wildman–Crippen MR) is 85.8 cm³/mol. The summed E-state index contributed by atoms with van der Waals surface area (Å²) in [6.07, 6.45) is 0. The largest absolute Gasteiger partial charge is 4.00 e. The second-order valence-corrected chi connectivity index (χ2v) is 5.32. The number of hydrogen-bond donors (Lipinski definition) is 0. The Bertz CT molecular complexity index is 936. The van der Waals surface area contributed by atoms with E-state index >= 15 is 0 Å². The molecular formula is C20H12Cl2O2Ti. The molecule has 0 aliphatic carbocycles. The van der Waals surface area contributed by atoms with E-state index in [1.165, 1.54) is 0 Å². The van der Waals surface area contributed by atoms with E-state index in [2.05, 4.69) is 0 Å². The standard InChI is InChI=1S/C20H14O2.2ClH.Ti/c21-17-11-9-13-5-1-3-7-15(13)19(17)20-16-8-4-2-6-14(16)10-12-18(20)22;;;/h1-12,21-22H;2*1H;/q;;;+4/p-4. The van der Waals surface area contributed by atoms with Crippen molar-refractivity contribution in [2.75, 3.05) is 0 Å². The molecular weight excluding hydrogens is 391 g/mol. The van der Waals surface area contributed by atoms with Gasteiger partial charge in [-0.15, -0.1) is 11.5 Å². The third-order valence-corrected chi connectivity index (χ3v) is 4.03. The Morgan fingerprint density at radius 1 is 0.480 bits per heavy atom. The zero-order chi connectivity index (χ0) is 15.1. The van der Waals surface area contributed by atoms with Gasteiger partial charge in [-0.25, -0.2) is 0 Å². The number of rotatable bonds is 1. The molecule has 0 aromatic heterocycles. The van der Waals surface area contributed by atoms with Crippen LogP contribution in [0.2, 0.25) is 0 Å². The van der Waals surface area contributed by atoms with Gasteiger partial charge in [0.05, 0.1) is 0 Å². The molecule has 0 heterocycles. The molecule has 0 spiro atoms. The summed E-state index contributed by atoms with van der Waals surface area (Å²) in [5.74, 6) is -0.237. The van der Waals surface area contributed by atoms with E-state index in [1.807, 2.05) is 48.5 Å². The zero-order valence-electron chi connectivity index (χ0n) is 13.0. The molecule has 0 fully saturated rings. The summed E-state index contributed by atoms with van der Waals surface area (Å²) in [4.78, 5) is 0. The molecule has 0 aliphatic rings. The Kier molecular flexibility index (Phi) is 7.34. The van der Waals surface area contributed by atoms with Gasteiger partial charge in [0.25, 0.3) is 0 Å². The summed E-state index contributed by atoms with van der Waals surface area (Å²) in [5, 5.41) is 28.6. The van der Waals surface area contributed by atoms with E-state index in [4.69, 9.17) is 0 Å². The molecule has 4 aromatic rings. The molecule has 4 aromatic carbocycles. The number of fused-ring (bicyclic) bond motifs is 2. The van der Waals surface area contributed by atoms with Crippen LogP contribution >= 0.6 is 0 Å². The number of halogens is 2. The van der Waals surface area contributed by atoms with E-state index in [0.717, 1.165) is 21.5 Å². The molecule has 0 radical (unpaired) electrons. The number of benzene rings is 4. The Balaban J connectivity index is 0.00000104. The fraction of sp³-hybridized carbons (Fsp3) is 0. The van der Waals surface area contributed by atoms with Crippen LogP contribution in [0, 0.1) is 0 Å². The van der Waals surface area contributed by atoms with Gasteiger partial charge in [-0.3, -0.25) is 0 Å². The SMILES string of the molecule is [Cl-].[Cl-].[O-]c1ccc2ccccc2c1-c1c([O-])ccc2ccccc12.[Ti+4]. The Labute approximate surface area is 173 Å². The Morgan fingerprint density at radius 3 is 1.24 bits per heavy atom. The van der Waals surface area contributed by atoms with Crippen molar-refractivity contribution in [3.63, 3.8) is 0 Å². The quantitative estimate of drug-likeness (QED) is 0.340. The Morgan fingerprint density at radius 2 is 0.840 bits per heavy atom. The van der Waals surface area contributed by atoms with Crippen molar-refractivity contribution >= 4 is 21.5 Å². The van der Waals surface area contributed by atoms with Gasteiger partial charge in [-0.2, -0.15) is 0 Å². The van der Waals surface area contributed by atoms with Crippen LogP contribution in [0.3, 0.4) is 0 Å². The average Bonchev–Trinajstić information content (AvgIpc) is 2.56. The van der Waals surface area contributed by atoms with E-state index in [9.17, 15) is 10.2 Å². The van der Waals surface area contributed by atoms with Gasteiger partial charge >= 0.3 is 21.7 Å². The maximum atomic E-state index is 12.5. The molecule has 5 heteroatoms. The normalized spacial score (nSPS) is 9.76. The molecule has 4 rings (SSSR count). The number of hydrogen-bond acceptors (Lipinski definition) is 2. The van der Waals surface area contributed by atoms with Crippen LogP contribution in [0.5, 0.6) is 11.5 Å². The maximum absolute atomic E-state index is 12.5. The van der Waals surface area contributed by atoms with Gasteiger partial charge in [0.1, 0.15) is 0 Å². The molecule has 0 N–H and O–H groups in total. The minimum absolute atomic E-state index is 0. The predicted octanol–water partition coefficient (Wildman–Crippen LogP) is -2.19. The molecule has 0 unspecified atom stereocenters. The molecule has 0 saturated heterocycles. The van der Waals surface area contributed by atoms with Crippen molar-refractivity contribution in [1.29, 1.82) is 0 Å². The topological polar surface area (TPSA) is 46.1 Å². The van der Waals surface area contributed by atoms with Crippen LogP contribution in [-0.2, 0) is 21.7 Å². The van der Waals surface area contributed by atoms with Crippen LogP contribution in [0.15, 0.2) is 72.8 Å². The maximum Gasteiger partial charge on any atom is 4.00 e. The van der Waals surface area contributed by atoms with E-state index in [0.29, 0.717) is 11.1 Å². The van der Waals surface area contributed by atoms with Gasteiger partial charge < -0.3 is 35.0 Å². The summed E-state index contributed by atoms with van der Waals surface area (Å²) in [6.45, 7) is 0. The van der Waals surface area contributed by atoms with Crippen LogP contribution in [-0.4, -0.2) is 0 Å². The van der Waals surface area contributed by atoms with Crippen molar-refractivity contribution in [3.05, 3.63) is 72.8 Å². The van der Waals surface area contributed by atoms with Gasteiger partial charge in [0.2, 0.25) is 0 Å². The van der Waals surface area contributed by atoms with Crippen molar-refractivity contribution < 1.29 is 56.7 Å². The monoisotopic (exact) mass is 402 g/mol. The second-order valence-electron chi connectivity index (χ2n) is 5.32. The second kappa shape index (κ2) is 8.60. The smallest absolute Gasteiger partial charge is 1.00 e. The Hall–Kier alpha value is -1.71. The fourth-order valence-corrected chi connectivity index (χ4v) is 3.02. The first-order valence-electron chi connectivity index (χ1n) is 7.13.